The minimum absolute atomic E-state index is 0.0164. The van der Waals surface area contributed by atoms with Crippen molar-refractivity contribution in [3.8, 4) is 0 Å². The summed E-state index contributed by atoms with van der Waals surface area (Å²) in [5, 5.41) is 5.46. The highest BCUT2D eigenvalue weighted by atomic mass is 16.2. The smallest absolute Gasteiger partial charge is 0.230 e. The second-order valence-corrected chi connectivity index (χ2v) is 4.19. The lowest BCUT2D eigenvalue weighted by atomic mass is 9.98. The molecule has 1 aromatic heterocycles. The van der Waals surface area contributed by atoms with Crippen LogP contribution in [0.1, 0.15) is 18.5 Å². The van der Waals surface area contributed by atoms with Crippen LogP contribution in [0.15, 0.2) is 18.2 Å². The average molecular weight is 233 g/mol. The molecule has 1 atom stereocenters. The van der Waals surface area contributed by atoms with Crippen LogP contribution in [0.2, 0.25) is 0 Å². The number of carbonyl (C=O) groups excluding carboxylic acids is 2. The summed E-state index contributed by atoms with van der Waals surface area (Å²) >= 11 is 0. The molecule has 5 heteroatoms. The molecule has 2 rings (SSSR count). The maximum absolute atomic E-state index is 11.9. The number of carbonyl (C=O) groups is 2. The molecule has 5 nitrogen and oxygen atoms in total. The predicted molar refractivity (Wildman–Crippen MR) is 63.3 cm³/mol. The van der Waals surface area contributed by atoms with Gasteiger partial charge in [-0.25, -0.2) is 4.98 Å². The maximum atomic E-state index is 11.9. The van der Waals surface area contributed by atoms with Crippen LogP contribution in [0.5, 0.6) is 0 Å². The molecule has 90 valence electrons. The Labute approximate surface area is 99.6 Å². The maximum Gasteiger partial charge on any atom is 0.230 e. The summed E-state index contributed by atoms with van der Waals surface area (Å²) in [6.45, 7) is 2.28. The molecule has 2 N–H and O–H groups in total. The largest absolute Gasteiger partial charge is 0.355 e. The molecule has 1 aliphatic heterocycles. The molecule has 0 unspecified atom stereocenters. The van der Waals surface area contributed by atoms with Gasteiger partial charge in [0.15, 0.2) is 0 Å². The predicted octanol–water partition coefficient (Wildman–Crippen LogP) is 0.855. The monoisotopic (exact) mass is 233 g/mol. The van der Waals surface area contributed by atoms with Gasteiger partial charge >= 0.3 is 0 Å². The number of aryl methyl sites for hydroxylation is 1. The van der Waals surface area contributed by atoms with E-state index in [1.165, 1.54) is 0 Å². The molecular formula is C12H15N3O2. The molecule has 17 heavy (non-hydrogen) atoms. The lowest BCUT2D eigenvalue weighted by Gasteiger charge is -2.21. The second kappa shape index (κ2) is 4.95. The number of anilines is 1. The highest BCUT2D eigenvalue weighted by Gasteiger charge is 2.24. The van der Waals surface area contributed by atoms with E-state index in [-0.39, 0.29) is 17.7 Å². The zero-order chi connectivity index (χ0) is 12.3. The number of nitrogens with zero attached hydrogens (tertiary/aromatic N) is 1. The molecule has 0 radical (unpaired) electrons. The number of rotatable bonds is 2. The van der Waals surface area contributed by atoms with E-state index in [0.29, 0.717) is 25.2 Å². The SMILES string of the molecule is Cc1cccc(NC(=O)[C@H]2CCC(=O)NC2)n1. The second-order valence-electron chi connectivity index (χ2n) is 4.19. The van der Waals surface area contributed by atoms with Crippen molar-refractivity contribution in [2.24, 2.45) is 5.92 Å². The minimum Gasteiger partial charge on any atom is -0.355 e. The van der Waals surface area contributed by atoms with Crippen LogP contribution in [0.3, 0.4) is 0 Å². The van der Waals surface area contributed by atoms with Gasteiger partial charge in [-0.05, 0) is 25.5 Å². The summed E-state index contributed by atoms with van der Waals surface area (Å²) in [4.78, 5) is 27.1. The molecule has 2 heterocycles. The van der Waals surface area contributed by atoms with E-state index in [2.05, 4.69) is 15.6 Å². The molecule has 2 amide bonds. The summed E-state index contributed by atoms with van der Waals surface area (Å²) in [6.07, 6.45) is 1.02. The van der Waals surface area contributed by atoms with Crippen LogP contribution in [-0.2, 0) is 9.59 Å². The zero-order valence-corrected chi connectivity index (χ0v) is 9.69. The summed E-state index contributed by atoms with van der Waals surface area (Å²) < 4.78 is 0. The lowest BCUT2D eigenvalue weighted by molar-refractivity contribution is -0.126. The van der Waals surface area contributed by atoms with E-state index in [4.69, 9.17) is 0 Å². The third-order valence-electron chi connectivity index (χ3n) is 2.78. The first-order valence-corrected chi connectivity index (χ1v) is 5.66. The van der Waals surface area contributed by atoms with Crippen LogP contribution in [0.4, 0.5) is 5.82 Å². The Bertz CT molecular complexity index is 435. The first-order valence-electron chi connectivity index (χ1n) is 5.66. The Morgan fingerprint density at radius 2 is 2.35 bits per heavy atom. The van der Waals surface area contributed by atoms with E-state index in [1.54, 1.807) is 6.07 Å². The average Bonchev–Trinajstić information content (AvgIpc) is 2.29. The Hall–Kier alpha value is -1.91. The third kappa shape index (κ3) is 3.03. The summed E-state index contributed by atoms with van der Waals surface area (Å²) in [7, 11) is 0. The topological polar surface area (TPSA) is 71.1 Å². The minimum atomic E-state index is -0.157. The molecule has 0 spiro atoms. The Kier molecular flexibility index (Phi) is 3.37. The Morgan fingerprint density at radius 3 is 3.00 bits per heavy atom. The van der Waals surface area contributed by atoms with Gasteiger partial charge in [-0.3, -0.25) is 9.59 Å². The quantitative estimate of drug-likeness (QED) is 0.795. The van der Waals surface area contributed by atoms with Gasteiger partial charge in [0.1, 0.15) is 5.82 Å². The van der Waals surface area contributed by atoms with E-state index in [0.717, 1.165) is 5.69 Å². The van der Waals surface area contributed by atoms with Gasteiger partial charge in [-0.15, -0.1) is 0 Å². The van der Waals surface area contributed by atoms with Crippen molar-refractivity contribution in [2.75, 3.05) is 11.9 Å². The zero-order valence-electron chi connectivity index (χ0n) is 9.69. The molecule has 1 saturated heterocycles. The molecule has 1 aliphatic rings. The van der Waals surface area contributed by atoms with Gasteiger partial charge in [0.05, 0.1) is 5.92 Å². The van der Waals surface area contributed by atoms with E-state index in [9.17, 15) is 9.59 Å². The molecule has 1 fully saturated rings. The number of hydrogen-bond donors (Lipinski definition) is 2. The standard InChI is InChI=1S/C12H15N3O2/c1-8-3-2-4-10(14-8)15-12(17)9-5-6-11(16)13-7-9/h2-4,9H,5-7H2,1H3,(H,13,16)(H,14,15,17)/t9-/m0/s1. The third-order valence-corrected chi connectivity index (χ3v) is 2.78. The van der Waals surface area contributed by atoms with Gasteiger partial charge in [-0.1, -0.05) is 6.07 Å². The normalized spacial score (nSPS) is 19.6. The molecule has 1 aromatic rings. The van der Waals surface area contributed by atoms with Gasteiger partial charge < -0.3 is 10.6 Å². The van der Waals surface area contributed by atoms with E-state index < -0.39 is 0 Å². The first-order chi connectivity index (χ1) is 8.15. The van der Waals surface area contributed by atoms with Crippen molar-refractivity contribution in [1.82, 2.24) is 10.3 Å². The Balaban J connectivity index is 1.95. The molecule has 0 aliphatic carbocycles. The first kappa shape index (κ1) is 11.6. The van der Waals surface area contributed by atoms with Crippen LogP contribution >= 0.6 is 0 Å². The van der Waals surface area contributed by atoms with Gasteiger partial charge in [0, 0.05) is 18.7 Å². The van der Waals surface area contributed by atoms with Gasteiger partial charge in [0.25, 0.3) is 0 Å². The van der Waals surface area contributed by atoms with Crippen LogP contribution in [0.25, 0.3) is 0 Å². The number of piperidine rings is 1. The van der Waals surface area contributed by atoms with Crippen molar-refractivity contribution in [3.05, 3.63) is 23.9 Å². The van der Waals surface area contributed by atoms with Crippen LogP contribution < -0.4 is 10.6 Å². The van der Waals surface area contributed by atoms with E-state index >= 15 is 0 Å². The van der Waals surface area contributed by atoms with Crippen LogP contribution in [0, 0.1) is 12.8 Å². The van der Waals surface area contributed by atoms with Crippen LogP contribution in [-0.4, -0.2) is 23.3 Å². The number of hydrogen-bond acceptors (Lipinski definition) is 3. The van der Waals surface area contributed by atoms with Gasteiger partial charge in [0.2, 0.25) is 11.8 Å². The summed E-state index contributed by atoms with van der Waals surface area (Å²) in [5.74, 6) is 0.341. The number of amides is 2. The molecule has 0 saturated carbocycles. The van der Waals surface area contributed by atoms with Crippen molar-refractivity contribution < 1.29 is 9.59 Å². The fourth-order valence-electron chi connectivity index (χ4n) is 1.80. The van der Waals surface area contributed by atoms with Crippen molar-refractivity contribution in [1.29, 1.82) is 0 Å². The highest BCUT2D eigenvalue weighted by molar-refractivity contribution is 5.93. The number of nitrogens with one attached hydrogen (secondary N) is 2. The van der Waals surface area contributed by atoms with Crippen molar-refractivity contribution in [3.63, 3.8) is 0 Å². The fraction of sp³-hybridized carbons (Fsp3) is 0.417. The fourth-order valence-corrected chi connectivity index (χ4v) is 1.80. The highest BCUT2D eigenvalue weighted by Crippen LogP contribution is 2.13. The molecular weight excluding hydrogens is 218 g/mol. The number of aromatic nitrogens is 1. The lowest BCUT2D eigenvalue weighted by Crippen LogP contribution is -2.40. The number of pyridine rings is 1. The molecule has 0 bridgehead atoms. The van der Waals surface area contributed by atoms with Gasteiger partial charge in [-0.2, -0.15) is 0 Å². The van der Waals surface area contributed by atoms with E-state index in [1.807, 2.05) is 19.1 Å². The molecule has 0 aromatic carbocycles. The Morgan fingerprint density at radius 1 is 1.53 bits per heavy atom. The summed E-state index contributed by atoms with van der Waals surface area (Å²) in [5.41, 5.74) is 0.861. The summed E-state index contributed by atoms with van der Waals surface area (Å²) in [6, 6.07) is 5.48. The van der Waals surface area contributed by atoms with Crippen molar-refractivity contribution >= 4 is 17.6 Å². The van der Waals surface area contributed by atoms with Crippen molar-refractivity contribution in [2.45, 2.75) is 19.8 Å².